The van der Waals surface area contributed by atoms with Crippen molar-refractivity contribution >= 4 is 27.5 Å². The number of hydrogen-bond acceptors (Lipinski definition) is 5. The monoisotopic (exact) mass is 411 g/mol. The zero-order chi connectivity index (χ0) is 20.6. The Bertz CT molecular complexity index is 774. The summed E-state index contributed by atoms with van der Waals surface area (Å²) in [5.74, 6) is -0.651. The highest BCUT2D eigenvalue weighted by atomic mass is 32.2. The van der Waals surface area contributed by atoms with Gasteiger partial charge in [0, 0.05) is 39.3 Å². The summed E-state index contributed by atoms with van der Waals surface area (Å²) < 4.78 is 30.3. The van der Waals surface area contributed by atoms with Gasteiger partial charge in [0.1, 0.15) is 0 Å². The first-order valence-electron chi connectivity index (χ1n) is 9.54. The molecule has 0 spiro atoms. The molecule has 0 atom stereocenters. The summed E-state index contributed by atoms with van der Waals surface area (Å²) in [6.07, 6.45) is 1.64. The molecule has 28 heavy (non-hydrogen) atoms. The van der Waals surface area contributed by atoms with Crippen LogP contribution in [0.15, 0.2) is 24.3 Å². The van der Waals surface area contributed by atoms with Crippen molar-refractivity contribution in [3.8, 4) is 0 Å². The number of piperidine rings is 1. The first kappa shape index (κ1) is 22.3. The van der Waals surface area contributed by atoms with Gasteiger partial charge in [0.15, 0.2) is 0 Å². The zero-order valence-corrected chi connectivity index (χ0v) is 17.3. The number of para-hydroxylation sites is 1. The molecule has 2 N–H and O–H groups in total. The van der Waals surface area contributed by atoms with Crippen LogP contribution in [0.4, 0.5) is 5.69 Å². The van der Waals surface area contributed by atoms with Gasteiger partial charge in [-0.25, -0.2) is 12.7 Å². The van der Waals surface area contributed by atoms with Gasteiger partial charge in [0.25, 0.3) is 5.91 Å². The van der Waals surface area contributed by atoms with Crippen LogP contribution in [0, 0.1) is 5.92 Å². The minimum Gasteiger partial charge on any atom is -0.385 e. The van der Waals surface area contributed by atoms with E-state index in [1.165, 1.54) is 4.31 Å². The van der Waals surface area contributed by atoms with E-state index in [2.05, 4.69) is 10.6 Å². The van der Waals surface area contributed by atoms with Crippen molar-refractivity contribution in [2.24, 2.45) is 5.92 Å². The molecule has 0 bridgehead atoms. The number of benzene rings is 1. The highest BCUT2D eigenvalue weighted by molar-refractivity contribution is 7.89. The summed E-state index contributed by atoms with van der Waals surface area (Å²) in [7, 11) is -1.61. The van der Waals surface area contributed by atoms with Crippen molar-refractivity contribution in [3.63, 3.8) is 0 Å². The summed E-state index contributed by atoms with van der Waals surface area (Å²) in [5, 5.41) is 5.65. The third-order valence-corrected chi connectivity index (χ3v) is 6.70. The molecule has 0 saturated carbocycles. The largest absolute Gasteiger partial charge is 0.385 e. The molecule has 8 nitrogen and oxygen atoms in total. The number of rotatable bonds is 9. The number of amides is 2. The van der Waals surface area contributed by atoms with E-state index in [9.17, 15) is 18.0 Å². The van der Waals surface area contributed by atoms with Crippen LogP contribution in [-0.2, 0) is 19.6 Å². The summed E-state index contributed by atoms with van der Waals surface area (Å²) in [6.45, 7) is 3.35. The molecule has 2 amide bonds. The Labute approximate surface area is 166 Å². The van der Waals surface area contributed by atoms with Gasteiger partial charge < -0.3 is 15.4 Å². The molecule has 0 aliphatic carbocycles. The summed E-state index contributed by atoms with van der Waals surface area (Å²) in [6, 6.07) is 6.86. The molecule has 0 aromatic heterocycles. The number of carbonyl (C=O) groups is 2. The molecule has 156 valence electrons. The van der Waals surface area contributed by atoms with Crippen molar-refractivity contribution in [2.75, 3.05) is 44.4 Å². The number of ether oxygens (including phenoxy) is 1. The number of nitrogens with zero attached hydrogens (tertiary/aromatic N) is 1. The molecular formula is C19H29N3O5S. The van der Waals surface area contributed by atoms with Gasteiger partial charge in [0.05, 0.1) is 17.0 Å². The normalized spacial score (nSPS) is 15.9. The lowest BCUT2D eigenvalue weighted by Crippen LogP contribution is -2.42. The van der Waals surface area contributed by atoms with Crippen LogP contribution in [0.2, 0.25) is 0 Å². The third-order valence-electron chi connectivity index (χ3n) is 4.82. The van der Waals surface area contributed by atoms with Gasteiger partial charge in [-0.05, 0) is 38.3 Å². The zero-order valence-electron chi connectivity index (χ0n) is 16.4. The highest BCUT2D eigenvalue weighted by Gasteiger charge is 2.30. The van der Waals surface area contributed by atoms with Crippen molar-refractivity contribution in [1.82, 2.24) is 9.62 Å². The third kappa shape index (κ3) is 6.02. The lowest BCUT2D eigenvalue weighted by Gasteiger charge is -2.30. The molecule has 1 aromatic carbocycles. The number of carbonyl (C=O) groups excluding carboxylic acids is 2. The van der Waals surface area contributed by atoms with Crippen molar-refractivity contribution in [2.45, 2.75) is 26.2 Å². The molecule has 1 aliphatic rings. The number of anilines is 1. The maximum atomic E-state index is 12.6. The SMILES string of the molecule is CCS(=O)(=O)N1CCC(C(=O)Nc2ccccc2C(=O)NCCCOC)CC1. The second kappa shape index (κ2) is 10.5. The fourth-order valence-electron chi connectivity index (χ4n) is 3.12. The molecule has 1 heterocycles. The first-order chi connectivity index (χ1) is 13.4. The van der Waals surface area contributed by atoms with Crippen molar-refractivity contribution in [1.29, 1.82) is 0 Å². The quantitative estimate of drug-likeness (QED) is 0.599. The molecule has 1 saturated heterocycles. The predicted octanol–water partition coefficient (Wildman–Crippen LogP) is 1.45. The maximum absolute atomic E-state index is 12.6. The Kier molecular flexibility index (Phi) is 8.40. The Morgan fingerprint density at radius 3 is 2.54 bits per heavy atom. The first-order valence-corrected chi connectivity index (χ1v) is 11.1. The van der Waals surface area contributed by atoms with Crippen molar-refractivity contribution < 1.29 is 22.7 Å². The van der Waals surface area contributed by atoms with E-state index < -0.39 is 10.0 Å². The van der Waals surface area contributed by atoms with Crippen LogP contribution in [0.3, 0.4) is 0 Å². The van der Waals surface area contributed by atoms with E-state index in [1.807, 2.05) is 0 Å². The molecule has 0 unspecified atom stereocenters. The minimum atomic E-state index is -3.22. The predicted molar refractivity (Wildman–Crippen MR) is 108 cm³/mol. The number of methoxy groups -OCH3 is 1. The van der Waals surface area contributed by atoms with Crippen molar-refractivity contribution in [3.05, 3.63) is 29.8 Å². The van der Waals surface area contributed by atoms with Gasteiger partial charge in [-0.15, -0.1) is 0 Å². The highest BCUT2D eigenvalue weighted by Crippen LogP contribution is 2.23. The maximum Gasteiger partial charge on any atom is 0.253 e. The van der Waals surface area contributed by atoms with E-state index in [-0.39, 0.29) is 23.5 Å². The average Bonchev–Trinajstić information content (AvgIpc) is 2.71. The topological polar surface area (TPSA) is 105 Å². The smallest absolute Gasteiger partial charge is 0.253 e. The molecule has 1 aromatic rings. The van der Waals surface area contributed by atoms with E-state index >= 15 is 0 Å². The molecule has 1 fully saturated rings. The van der Waals surface area contributed by atoms with Gasteiger partial charge in [-0.1, -0.05) is 12.1 Å². The van der Waals surface area contributed by atoms with E-state index in [4.69, 9.17) is 4.74 Å². The second-order valence-electron chi connectivity index (χ2n) is 6.71. The lowest BCUT2D eigenvalue weighted by molar-refractivity contribution is -0.120. The van der Waals surface area contributed by atoms with Gasteiger partial charge in [-0.2, -0.15) is 0 Å². The number of nitrogens with one attached hydrogen (secondary N) is 2. The Morgan fingerprint density at radius 2 is 1.89 bits per heavy atom. The fraction of sp³-hybridized carbons (Fsp3) is 0.579. The fourth-order valence-corrected chi connectivity index (χ4v) is 4.25. The number of hydrogen-bond donors (Lipinski definition) is 2. The van der Waals surface area contributed by atoms with Crippen LogP contribution < -0.4 is 10.6 Å². The standard InChI is InChI=1S/C19H29N3O5S/c1-3-28(25,26)22-12-9-15(10-13-22)18(23)21-17-8-5-4-7-16(17)19(24)20-11-6-14-27-2/h4-5,7-8,15H,3,6,9-14H2,1-2H3,(H,20,24)(H,21,23). The van der Waals surface area contributed by atoms with Gasteiger partial charge in [-0.3, -0.25) is 9.59 Å². The minimum absolute atomic E-state index is 0.0662. The molecule has 0 radical (unpaired) electrons. The van der Waals surface area contributed by atoms with Crippen LogP contribution in [0.25, 0.3) is 0 Å². The van der Waals surface area contributed by atoms with Gasteiger partial charge in [0.2, 0.25) is 15.9 Å². The van der Waals surface area contributed by atoms with Gasteiger partial charge >= 0.3 is 0 Å². The average molecular weight is 412 g/mol. The second-order valence-corrected chi connectivity index (χ2v) is 8.97. The summed E-state index contributed by atoms with van der Waals surface area (Å²) in [5.41, 5.74) is 0.861. The lowest BCUT2D eigenvalue weighted by atomic mass is 9.97. The molecular weight excluding hydrogens is 382 g/mol. The van der Waals surface area contributed by atoms with Crippen LogP contribution in [0.5, 0.6) is 0 Å². The van der Waals surface area contributed by atoms with E-state index in [1.54, 1.807) is 38.3 Å². The van der Waals surface area contributed by atoms with Crippen LogP contribution in [-0.4, -0.2) is 63.6 Å². The van der Waals surface area contributed by atoms with Crippen LogP contribution >= 0.6 is 0 Å². The Balaban J connectivity index is 1.95. The Hall–Kier alpha value is -1.97. The molecule has 2 rings (SSSR count). The number of sulfonamides is 1. The van der Waals surface area contributed by atoms with E-state index in [0.29, 0.717) is 56.8 Å². The van der Waals surface area contributed by atoms with E-state index in [0.717, 1.165) is 0 Å². The molecule has 1 aliphatic heterocycles. The summed E-state index contributed by atoms with van der Waals surface area (Å²) >= 11 is 0. The van der Waals surface area contributed by atoms with Crippen LogP contribution in [0.1, 0.15) is 36.5 Å². The summed E-state index contributed by atoms with van der Waals surface area (Å²) in [4.78, 5) is 25.0. The Morgan fingerprint density at radius 1 is 1.21 bits per heavy atom. The molecule has 9 heteroatoms.